The van der Waals surface area contributed by atoms with Crippen molar-refractivity contribution in [3.8, 4) is 0 Å². The van der Waals surface area contributed by atoms with Crippen LogP contribution in [0.5, 0.6) is 0 Å². The van der Waals surface area contributed by atoms with E-state index in [0.29, 0.717) is 11.3 Å². The minimum atomic E-state index is -1.08. The zero-order valence-corrected chi connectivity index (χ0v) is 13.3. The Bertz CT molecular complexity index is 739. The quantitative estimate of drug-likeness (QED) is 0.368. The lowest BCUT2D eigenvalue weighted by Crippen LogP contribution is -2.27. The summed E-state index contributed by atoms with van der Waals surface area (Å²) in [5.41, 5.74) is 3.10. The fourth-order valence-electron chi connectivity index (χ4n) is 2.03. The number of pyridine rings is 1. The first-order valence-corrected chi connectivity index (χ1v) is 7.16. The summed E-state index contributed by atoms with van der Waals surface area (Å²) in [6, 6.07) is 8.79. The molecule has 0 N–H and O–H groups in total. The first-order chi connectivity index (χ1) is 11.0. The second-order valence-corrected chi connectivity index (χ2v) is 5.15. The highest BCUT2D eigenvalue weighted by molar-refractivity contribution is 6.18. The summed E-state index contributed by atoms with van der Waals surface area (Å²) >= 11 is 0. The molecule has 0 fully saturated rings. The normalized spacial score (nSPS) is 12.1. The molecule has 5 heteroatoms. The maximum atomic E-state index is 12.6. The second-order valence-electron chi connectivity index (χ2n) is 5.15. The van der Waals surface area contributed by atoms with Crippen molar-refractivity contribution in [1.29, 1.82) is 0 Å². The number of aliphatic imine (C=N–C) groups is 1. The van der Waals surface area contributed by atoms with Crippen LogP contribution in [0.4, 0.5) is 5.69 Å². The monoisotopic (exact) mass is 310 g/mol. The van der Waals surface area contributed by atoms with Gasteiger partial charge in [0.1, 0.15) is 0 Å². The van der Waals surface area contributed by atoms with Gasteiger partial charge in [-0.2, -0.15) is 0 Å². The number of hydrogen-bond donors (Lipinski definition) is 0. The van der Waals surface area contributed by atoms with Gasteiger partial charge in [0.25, 0.3) is 0 Å². The van der Waals surface area contributed by atoms with Crippen LogP contribution < -0.4 is 0 Å². The molecule has 1 aromatic carbocycles. The average molecular weight is 310 g/mol. The number of esters is 1. The lowest BCUT2D eigenvalue weighted by Gasteiger charge is -2.10. The van der Waals surface area contributed by atoms with Gasteiger partial charge in [-0.3, -0.25) is 19.6 Å². The van der Waals surface area contributed by atoms with E-state index in [4.69, 9.17) is 4.74 Å². The number of ketones is 1. The summed E-state index contributed by atoms with van der Waals surface area (Å²) in [5, 5.41) is 0. The van der Waals surface area contributed by atoms with Crippen LogP contribution >= 0.6 is 0 Å². The molecule has 2 aromatic rings. The molecule has 118 valence electrons. The van der Waals surface area contributed by atoms with Crippen molar-refractivity contribution in [2.45, 2.75) is 13.8 Å². The van der Waals surface area contributed by atoms with Crippen molar-refractivity contribution in [1.82, 2.24) is 4.98 Å². The molecule has 0 radical (unpaired) electrons. The van der Waals surface area contributed by atoms with Crippen molar-refractivity contribution >= 4 is 23.7 Å². The summed E-state index contributed by atoms with van der Waals surface area (Å²) in [6.45, 7) is 3.88. The van der Waals surface area contributed by atoms with E-state index in [0.717, 1.165) is 11.1 Å². The van der Waals surface area contributed by atoms with Crippen LogP contribution in [-0.2, 0) is 9.53 Å². The zero-order chi connectivity index (χ0) is 16.8. The van der Waals surface area contributed by atoms with Crippen LogP contribution in [0, 0.1) is 19.8 Å². The van der Waals surface area contributed by atoms with E-state index in [1.54, 1.807) is 36.7 Å². The van der Waals surface area contributed by atoms with Gasteiger partial charge in [-0.1, -0.05) is 12.1 Å². The Balaban J connectivity index is 2.30. The van der Waals surface area contributed by atoms with Crippen molar-refractivity contribution < 1.29 is 14.3 Å². The highest BCUT2D eigenvalue weighted by atomic mass is 16.5. The maximum absolute atomic E-state index is 12.6. The molecule has 23 heavy (non-hydrogen) atoms. The molecule has 1 unspecified atom stereocenters. The summed E-state index contributed by atoms with van der Waals surface area (Å²) < 4.78 is 4.73. The van der Waals surface area contributed by atoms with Crippen LogP contribution in [0.2, 0.25) is 0 Å². The fourth-order valence-corrected chi connectivity index (χ4v) is 2.03. The number of carbonyl (C=O) groups excluding carboxylic acids is 2. The number of hydrogen-bond acceptors (Lipinski definition) is 5. The molecule has 0 bridgehead atoms. The van der Waals surface area contributed by atoms with E-state index in [2.05, 4.69) is 9.98 Å². The summed E-state index contributed by atoms with van der Waals surface area (Å²) in [7, 11) is 1.25. The van der Waals surface area contributed by atoms with Crippen LogP contribution in [0.15, 0.2) is 47.7 Å². The van der Waals surface area contributed by atoms with E-state index in [-0.39, 0.29) is 5.78 Å². The third kappa shape index (κ3) is 4.10. The average Bonchev–Trinajstić information content (AvgIpc) is 2.58. The first-order valence-electron chi connectivity index (χ1n) is 7.16. The summed E-state index contributed by atoms with van der Waals surface area (Å²) in [4.78, 5) is 32.7. The molecule has 0 saturated carbocycles. The Labute approximate surface area is 135 Å². The van der Waals surface area contributed by atoms with Gasteiger partial charge in [0.2, 0.25) is 0 Å². The topological polar surface area (TPSA) is 68.6 Å². The largest absolute Gasteiger partial charge is 0.468 e. The van der Waals surface area contributed by atoms with E-state index in [1.807, 2.05) is 19.9 Å². The lowest BCUT2D eigenvalue weighted by atomic mass is 9.96. The Morgan fingerprint density at radius 2 is 2.00 bits per heavy atom. The van der Waals surface area contributed by atoms with Gasteiger partial charge in [0, 0.05) is 18.0 Å². The van der Waals surface area contributed by atoms with Gasteiger partial charge in [-0.05, 0) is 43.2 Å². The van der Waals surface area contributed by atoms with Crippen molar-refractivity contribution in [2.75, 3.05) is 7.11 Å². The Kier molecular flexibility index (Phi) is 5.36. The van der Waals surface area contributed by atoms with Crippen LogP contribution in [0.3, 0.4) is 0 Å². The zero-order valence-electron chi connectivity index (χ0n) is 13.3. The molecular weight excluding hydrogens is 292 g/mol. The minimum absolute atomic E-state index is 0.340. The number of methoxy groups -OCH3 is 1. The van der Waals surface area contributed by atoms with Crippen molar-refractivity contribution in [2.24, 2.45) is 10.9 Å². The third-order valence-corrected chi connectivity index (χ3v) is 3.55. The van der Waals surface area contributed by atoms with E-state index in [1.165, 1.54) is 13.3 Å². The Hall–Kier alpha value is -2.82. The molecule has 2 rings (SSSR count). The third-order valence-electron chi connectivity index (χ3n) is 3.55. The molecule has 0 spiro atoms. The Morgan fingerprint density at radius 3 is 2.61 bits per heavy atom. The summed E-state index contributed by atoms with van der Waals surface area (Å²) in [6.07, 6.45) is 4.47. The molecular formula is C18H18N2O3. The van der Waals surface area contributed by atoms with Gasteiger partial charge >= 0.3 is 5.97 Å². The number of aromatic nitrogens is 1. The van der Waals surface area contributed by atoms with E-state index < -0.39 is 11.9 Å². The molecule has 0 saturated heterocycles. The van der Waals surface area contributed by atoms with Crippen molar-refractivity contribution in [3.63, 3.8) is 0 Å². The molecule has 1 atom stereocenters. The SMILES string of the molecule is COC(=O)C(C=Nc1cccnc1)C(=O)c1ccc(C)c(C)c1. The number of carbonyl (C=O) groups is 2. The number of Topliss-reactive ketones (excluding diaryl/α,β-unsaturated/α-hetero) is 1. The maximum Gasteiger partial charge on any atom is 0.322 e. The number of ether oxygens (including phenoxy) is 1. The van der Waals surface area contributed by atoms with Gasteiger partial charge < -0.3 is 4.74 Å². The second kappa shape index (κ2) is 7.45. The van der Waals surface area contributed by atoms with Crippen molar-refractivity contribution in [3.05, 3.63) is 59.4 Å². The van der Waals surface area contributed by atoms with Crippen LogP contribution in [-0.4, -0.2) is 30.1 Å². The molecule has 1 aromatic heterocycles. The standard InChI is InChI=1S/C18H18N2O3/c1-12-6-7-14(9-13(12)2)17(21)16(18(22)23-3)11-20-15-5-4-8-19-10-15/h4-11,16H,1-3H3. The number of benzene rings is 1. The summed E-state index contributed by atoms with van der Waals surface area (Å²) in [5.74, 6) is -2.06. The Morgan fingerprint density at radius 1 is 1.22 bits per heavy atom. The smallest absolute Gasteiger partial charge is 0.322 e. The first kappa shape index (κ1) is 16.5. The molecule has 0 amide bonds. The molecule has 0 aliphatic carbocycles. The van der Waals surface area contributed by atoms with Crippen LogP contribution in [0.1, 0.15) is 21.5 Å². The number of aryl methyl sites for hydroxylation is 2. The van der Waals surface area contributed by atoms with Gasteiger partial charge in [0.15, 0.2) is 11.7 Å². The molecule has 1 heterocycles. The molecule has 0 aliphatic rings. The van der Waals surface area contributed by atoms with Gasteiger partial charge in [-0.15, -0.1) is 0 Å². The molecule has 0 aliphatic heterocycles. The predicted molar refractivity (Wildman–Crippen MR) is 88.1 cm³/mol. The highest BCUT2D eigenvalue weighted by Crippen LogP contribution is 2.16. The van der Waals surface area contributed by atoms with Crippen LogP contribution in [0.25, 0.3) is 0 Å². The predicted octanol–water partition coefficient (Wildman–Crippen LogP) is 3.07. The minimum Gasteiger partial charge on any atom is -0.468 e. The number of nitrogens with zero attached hydrogens (tertiary/aromatic N) is 2. The lowest BCUT2D eigenvalue weighted by molar-refractivity contribution is -0.141. The van der Waals surface area contributed by atoms with Gasteiger partial charge in [-0.25, -0.2) is 0 Å². The van der Waals surface area contributed by atoms with E-state index >= 15 is 0 Å². The van der Waals surface area contributed by atoms with E-state index in [9.17, 15) is 9.59 Å². The number of rotatable bonds is 5. The molecule has 5 nitrogen and oxygen atoms in total. The fraction of sp³-hybridized carbons (Fsp3) is 0.222. The highest BCUT2D eigenvalue weighted by Gasteiger charge is 2.27. The van der Waals surface area contributed by atoms with Gasteiger partial charge in [0.05, 0.1) is 19.0 Å².